The predicted octanol–water partition coefficient (Wildman–Crippen LogP) is 2.50. The normalized spacial score (nSPS) is 10.5. The van der Waals surface area contributed by atoms with Gasteiger partial charge >= 0.3 is 0 Å². The molecule has 0 amide bonds. The molecule has 0 atom stereocenters. The lowest BCUT2D eigenvalue weighted by Gasteiger charge is -2.07. The van der Waals surface area contributed by atoms with Crippen molar-refractivity contribution in [1.29, 1.82) is 0 Å². The molecule has 0 radical (unpaired) electrons. The molecule has 14 heavy (non-hydrogen) atoms. The second kappa shape index (κ2) is 3.63. The van der Waals surface area contributed by atoms with Crippen molar-refractivity contribution in [3.63, 3.8) is 0 Å². The summed E-state index contributed by atoms with van der Waals surface area (Å²) in [5, 5.41) is 18.6. The number of hydrogen-bond acceptors (Lipinski definition) is 2. The van der Waals surface area contributed by atoms with E-state index >= 15 is 0 Å². The highest BCUT2D eigenvalue weighted by Gasteiger charge is 2.04. The minimum absolute atomic E-state index is 0.0968. The van der Waals surface area contributed by atoms with Crippen molar-refractivity contribution in [2.24, 2.45) is 5.41 Å². The van der Waals surface area contributed by atoms with E-state index in [0.29, 0.717) is 5.56 Å². The number of hydrogen-bond donors (Lipinski definition) is 2. The Hall–Kier alpha value is -1.62. The average molecular weight is 190 g/mol. The first-order chi connectivity index (χ1) is 6.38. The molecule has 0 saturated heterocycles. The molecule has 0 fully saturated rings. The highest BCUT2D eigenvalue weighted by molar-refractivity contribution is 5.49. The van der Waals surface area contributed by atoms with Crippen LogP contribution in [0.5, 0.6) is 11.5 Å². The van der Waals surface area contributed by atoms with E-state index in [1.54, 1.807) is 0 Å². The van der Waals surface area contributed by atoms with Gasteiger partial charge in [0.25, 0.3) is 0 Å². The van der Waals surface area contributed by atoms with E-state index in [1.807, 2.05) is 20.8 Å². The van der Waals surface area contributed by atoms with Gasteiger partial charge in [-0.3, -0.25) is 0 Å². The Labute approximate surface area is 84.2 Å². The smallest absolute Gasteiger partial charge is 0.131 e. The van der Waals surface area contributed by atoms with Crippen LogP contribution in [0.15, 0.2) is 18.2 Å². The summed E-state index contributed by atoms with van der Waals surface area (Å²) in [4.78, 5) is 0. The van der Waals surface area contributed by atoms with Crippen molar-refractivity contribution in [3.05, 3.63) is 23.8 Å². The lowest BCUT2D eigenvalue weighted by molar-refractivity contribution is 0.459. The quantitative estimate of drug-likeness (QED) is 0.487. The van der Waals surface area contributed by atoms with Crippen LogP contribution >= 0.6 is 0 Å². The summed E-state index contributed by atoms with van der Waals surface area (Å²) in [5.74, 6) is 6.03. The topological polar surface area (TPSA) is 40.5 Å². The van der Waals surface area contributed by atoms with Crippen molar-refractivity contribution in [2.45, 2.75) is 20.8 Å². The van der Waals surface area contributed by atoms with Crippen LogP contribution in [-0.2, 0) is 0 Å². The third kappa shape index (κ3) is 3.02. The van der Waals surface area contributed by atoms with Crippen molar-refractivity contribution < 1.29 is 10.2 Å². The summed E-state index contributed by atoms with van der Waals surface area (Å²) >= 11 is 0. The fourth-order valence-corrected chi connectivity index (χ4v) is 0.879. The Morgan fingerprint density at radius 3 is 2.36 bits per heavy atom. The minimum atomic E-state index is -0.113. The number of rotatable bonds is 0. The van der Waals surface area contributed by atoms with Gasteiger partial charge in [-0.2, -0.15) is 0 Å². The largest absolute Gasteiger partial charge is 0.508 e. The van der Waals surface area contributed by atoms with Gasteiger partial charge in [-0.15, -0.1) is 0 Å². The Morgan fingerprint density at radius 2 is 1.79 bits per heavy atom. The van der Waals surface area contributed by atoms with Crippen molar-refractivity contribution in [2.75, 3.05) is 0 Å². The van der Waals surface area contributed by atoms with E-state index in [2.05, 4.69) is 11.8 Å². The molecule has 1 aromatic carbocycles. The molecule has 2 nitrogen and oxygen atoms in total. The zero-order valence-electron chi connectivity index (χ0n) is 8.63. The molecule has 74 valence electrons. The maximum Gasteiger partial charge on any atom is 0.131 e. The maximum atomic E-state index is 9.42. The molecule has 1 rings (SSSR count). The van der Waals surface area contributed by atoms with E-state index < -0.39 is 0 Å². The van der Waals surface area contributed by atoms with Crippen LogP contribution in [0.1, 0.15) is 26.3 Å². The average Bonchev–Trinajstić information content (AvgIpc) is 2.05. The Bertz CT molecular complexity index is 389. The Balaban J connectivity index is 3.06. The van der Waals surface area contributed by atoms with Gasteiger partial charge in [0.2, 0.25) is 0 Å². The monoisotopic (exact) mass is 190 g/mol. The van der Waals surface area contributed by atoms with E-state index in [0.717, 1.165) is 0 Å². The maximum absolute atomic E-state index is 9.42. The first kappa shape index (κ1) is 10.5. The van der Waals surface area contributed by atoms with E-state index in [4.69, 9.17) is 0 Å². The molecule has 0 unspecified atom stereocenters. The molecule has 0 aliphatic carbocycles. The number of benzene rings is 1. The summed E-state index contributed by atoms with van der Waals surface area (Å²) < 4.78 is 0. The SMILES string of the molecule is CC(C)(C)C#Cc1cc(O)ccc1O. The van der Waals surface area contributed by atoms with Gasteiger partial charge in [0, 0.05) is 5.41 Å². The molecular weight excluding hydrogens is 176 g/mol. The van der Waals surface area contributed by atoms with Gasteiger partial charge in [0.1, 0.15) is 11.5 Å². The highest BCUT2D eigenvalue weighted by atomic mass is 16.3. The third-order valence-electron chi connectivity index (χ3n) is 1.55. The third-order valence-corrected chi connectivity index (χ3v) is 1.55. The van der Waals surface area contributed by atoms with Crippen molar-refractivity contribution >= 4 is 0 Å². The van der Waals surface area contributed by atoms with Crippen LogP contribution in [0.3, 0.4) is 0 Å². The Kier molecular flexibility index (Phi) is 2.71. The molecule has 0 aliphatic rings. The molecule has 1 aromatic rings. The summed E-state index contributed by atoms with van der Waals surface area (Å²) in [7, 11) is 0. The Morgan fingerprint density at radius 1 is 1.14 bits per heavy atom. The van der Waals surface area contributed by atoms with Gasteiger partial charge < -0.3 is 10.2 Å². The second-order valence-corrected chi connectivity index (χ2v) is 4.20. The van der Waals surface area contributed by atoms with Crippen LogP contribution in [0.4, 0.5) is 0 Å². The fourth-order valence-electron chi connectivity index (χ4n) is 0.879. The van der Waals surface area contributed by atoms with Gasteiger partial charge in [-0.1, -0.05) is 11.8 Å². The van der Waals surface area contributed by atoms with E-state index in [9.17, 15) is 10.2 Å². The second-order valence-electron chi connectivity index (χ2n) is 4.20. The summed E-state index contributed by atoms with van der Waals surface area (Å²) in [5.41, 5.74) is 0.345. The molecule has 0 aliphatic heterocycles. The molecule has 0 bridgehead atoms. The summed E-state index contributed by atoms with van der Waals surface area (Å²) in [6.07, 6.45) is 0. The molecule has 2 heteroatoms. The zero-order chi connectivity index (χ0) is 10.8. The predicted molar refractivity (Wildman–Crippen MR) is 56.1 cm³/mol. The van der Waals surface area contributed by atoms with Crippen LogP contribution in [0, 0.1) is 17.3 Å². The molecular formula is C12H14O2. The van der Waals surface area contributed by atoms with E-state index in [-0.39, 0.29) is 16.9 Å². The van der Waals surface area contributed by atoms with Gasteiger partial charge in [-0.05, 0) is 39.0 Å². The number of aromatic hydroxyl groups is 2. The lowest BCUT2D eigenvalue weighted by atomic mass is 9.97. The lowest BCUT2D eigenvalue weighted by Crippen LogP contribution is -1.99. The molecule has 0 spiro atoms. The summed E-state index contributed by atoms with van der Waals surface area (Å²) in [6.45, 7) is 5.96. The van der Waals surface area contributed by atoms with Crippen LogP contribution in [0.25, 0.3) is 0 Å². The summed E-state index contributed by atoms with van der Waals surface area (Å²) in [6, 6.07) is 4.31. The molecule has 0 heterocycles. The van der Waals surface area contributed by atoms with Gasteiger partial charge in [-0.25, -0.2) is 0 Å². The highest BCUT2D eigenvalue weighted by Crippen LogP contribution is 2.21. The molecule has 0 aromatic heterocycles. The molecule has 2 N–H and O–H groups in total. The first-order valence-electron chi connectivity index (χ1n) is 4.44. The number of phenols is 2. The van der Waals surface area contributed by atoms with Crippen molar-refractivity contribution in [3.8, 4) is 23.3 Å². The van der Waals surface area contributed by atoms with Gasteiger partial charge in [0.05, 0.1) is 5.56 Å². The van der Waals surface area contributed by atoms with Crippen LogP contribution in [-0.4, -0.2) is 10.2 Å². The minimum Gasteiger partial charge on any atom is -0.508 e. The molecule has 0 saturated carbocycles. The van der Waals surface area contributed by atoms with Crippen LogP contribution in [0.2, 0.25) is 0 Å². The number of phenolic OH excluding ortho intramolecular Hbond substituents is 2. The first-order valence-corrected chi connectivity index (χ1v) is 4.44. The standard InChI is InChI=1S/C12H14O2/c1-12(2,3)7-6-9-8-10(13)4-5-11(9)14/h4-5,8,13-14H,1-3H3. The van der Waals surface area contributed by atoms with Gasteiger partial charge in [0.15, 0.2) is 0 Å². The van der Waals surface area contributed by atoms with Crippen LogP contribution < -0.4 is 0 Å². The van der Waals surface area contributed by atoms with Crippen molar-refractivity contribution in [1.82, 2.24) is 0 Å². The van der Waals surface area contributed by atoms with E-state index in [1.165, 1.54) is 18.2 Å². The fraction of sp³-hybridized carbons (Fsp3) is 0.333. The zero-order valence-corrected chi connectivity index (χ0v) is 8.63.